The van der Waals surface area contributed by atoms with Crippen molar-refractivity contribution in [2.24, 2.45) is 0 Å². The molecule has 1 saturated heterocycles. The van der Waals surface area contributed by atoms with E-state index in [1.807, 2.05) is 6.20 Å². The summed E-state index contributed by atoms with van der Waals surface area (Å²) in [5, 5.41) is 9.66. The van der Waals surface area contributed by atoms with E-state index in [-0.39, 0.29) is 0 Å². The van der Waals surface area contributed by atoms with Crippen LogP contribution in [0.1, 0.15) is 16.8 Å². The van der Waals surface area contributed by atoms with Crippen molar-refractivity contribution in [3.05, 3.63) is 77.0 Å². The number of fused-ring (bicyclic) bond motifs is 1. The van der Waals surface area contributed by atoms with E-state index in [1.54, 1.807) is 11.3 Å². The molecule has 4 aromatic rings. The van der Waals surface area contributed by atoms with Gasteiger partial charge in [-0.05, 0) is 49.5 Å². The Morgan fingerprint density at radius 3 is 2.67 bits per heavy atom. The molecule has 2 aromatic heterocycles. The zero-order valence-corrected chi connectivity index (χ0v) is 21.5. The third-order valence-electron chi connectivity index (χ3n) is 6.92. The van der Waals surface area contributed by atoms with Gasteiger partial charge in [0.15, 0.2) is 5.13 Å². The summed E-state index contributed by atoms with van der Waals surface area (Å²) in [5.41, 5.74) is 8.76. The van der Waals surface area contributed by atoms with Gasteiger partial charge in [-0.2, -0.15) is 0 Å². The third kappa shape index (κ3) is 4.93. The van der Waals surface area contributed by atoms with Crippen molar-refractivity contribution < 1.29 is 0 Å². The summed E-state index contributed by atoms with van der Waals surface area (Å²) in [6.07, 6.45) is 6.18. The molecule has 8 heteroatoms. The Balaban J connectivity index is 1.18. The van der Waals surface area contributed by atoms with Crippen molar-refractivity contribution in [3.63, 3.8) is 0 Å². The minimum absolute atomic E-state index is 0.836. The fourth-order valence-electron chi connectivity index (χ4n) is 4.69. The minimum atomic E-state index is 0.836. The molecular weight excluding hydrogens is 466 g/mol. The maximum atomic E-state index is 4.90. The molecule has 0 unspecified atom stereocenters. The van der Waals surface area contributed by atoms with Gasteiger partial charge in [0.1, 0.15) is 5.82 Å². The largest absolute Gasteiger partial charge is 0.387 e. The van der Waals surface area contributed by atoms with Gasteiger partial charge in [-0.25, -0.2) is 9.97 Å². The Hall–Kier alpha value is -3.46. The van der Waals surface area contributed by atoms with E-state index < -0.39 is 0 Å². The highest BCUT2D eigenvalue weighted by molar-refractivity contribution is 7.13. The highest BCUT2D eigenvalue weighted by atomic mass is 32.1. The van der Waals surface area contributed by atoms with E-state index in [9.17, 15) is 0 Å². The molecule has 7 nitrogen and oxygen atoms in total. The van der Waals surface area contributed by atoms with Crippen LogP contribution < -0.4 is 10.6 Å². The van der Waals surface area contributed by atoms with E-state index in [4.69, 9.17) is 9.97 Å². The average molecular weight is 498 g/mol. The standard InChI is InChI=1S/C28H31N7S/c1-19-15-24-25(16-23(19)32-28-33-26(18-36-28)21-7-9-29-10-8-21)31-27(30-24)22-5-3-20(4-6-22)17-35-13-11-34(2)12-14-35/h3-9,15-16,18,29H,10-14,17H2,1-2H3,(H,30,31)(H,32,33). The summed E-state index contributed by atoms with van der Waals surface area (Å²) in [4.78, 5) is 18.1. The topological polar surface area (TPSA) is 72.1 Å². The van der Waals surface area contributed by atoms with Gasteiger partial charge in [-0.3, -0.25) is 4.90 Å². The number of aryl methyl sites for hydroxylation is 1. The molecular formula is C28H31N7S. The van der Waals surface area contributed by atoms with Gasteiger partial charge in [-0.15, -0.1) is 11.3 Å². The first-order chi connectivity index (χ1) is 17.6. The smallest absolute Gasteiger partial charge is 0.187 e. The average Bonchev–Trinajstić information content (AvgIpc) is 3.54. The monoisotopic (exact) mass is 497 g/mol. The number of rotatable bonds is 6. The number of hydrogen-bond acceptors (Lipinski definition) is 7. The van der Waals surface area contributed by atoms with Crippen LogP contribution in [0.5, 0.6) is 0 Å². The quantitative estimate of drug-likeness (QED) is 0.349. The van der Waals surface area contributed by atoms with E-state index in [2.05, 4.69) is 93.3 Å². The van der Waals surface area contributed by atoms with Gasteiger partial charge in [0.2, 0.25) is 0 Å². The van der Waals surface area contributed by atoms with E-state index in [0.29, 0.717) is 0 Å². The molecule has 0 radical (unpaired) electrons. The molecule has 2 aliphatic heterocycles. The lowest BCUT2D eigenvalue weighted by Crippen LogP contribution is -2.43. The molecule has 0 bridgehead atoms. The first kappa shape index (κ1) is 23.0. The van der Waals surface area contributed by atoms with Crippen LogP contribution in [0.2, 0.25) is 0 Å². The first-order valence-electron chi connectivity index (χ1n) is 12.4. The summed E-state index contributed by atoms with van der Waals surface area (Å²) in [6, 6.07) is 13.1. The Bertz CT molecular complexity index is 1420. The van der Waals surface area contributed by atoms with Gasteiger partial charge in [0.05, 0.1) is 16.7 Å². The van der Waals surface area contributed by atoms with E-state index >= 15 is 0 Å². The maximum absolute atomic E-state index is 4.90. The number of anilines is 2. The van der Waals surface area contributed by atoms with Gasteiger partial charge in [0, 0.05) is 61.5 Å². The molecule has 3 N–H and O–H groups in total. The van der Waals surface area contributed by atoms with Crippen molar-refractivity contribution in [2.75, 3.05) is 45.1 Å². The van der Waals surface area contributed by atoms with Crippen LogP contribution in [-0.2, 0) is 6.54 Å². The summed E-state index contributed by atoms with van der Waals surface area (Å²) >= 11 is 1.62. The van der Waals surface area contributed by atoms with Crippen molar-refractivity contribution in [1.82, 2.24) is 30.1 Å². The van der Waals surface area contributed by atoms with Crippen molar-refractivity contribution in [2.45, 2.75) is 13.5 Å². The number of hydrogen-bond donors (Lipinski definition) is 3. The fraction of sp³-hybridized carbons (Fsp3) is 0.286. The van der Waals surface area contributed by atoms with Gasteiger partial charge in [-0.1, -0.05) is 30.3 Å². The second kappa shape index (κ2) is 9.89. The molecule has 184 valence electrons. The molecule has 0 amide bonds. The van der Waals surface area contributed by atoms with Crippen molar-refractivity contribution in [1.29, 1.82) is 0 Å². The highest BCUT2D eigenvalue weighted by Crippen LogP contribution is 2.30. The number of nitrogens with zero attached hydrogens (tertiary/aromatic N) is 4. The predicted octanol–water partition coefficient (Wildman–Crippen LogP) is 4.99. The van der Waals surface area contributed by atoms with Crippen molar-refractivity contribution in [3.8, 4) is 11.4 Å². The number of allylic oxidation sites excluding steroid dienone is 2. The summed E-state index contributed by atoms with van der Waals surface area (Å²) in [5.74, 6) is 0.897. The highest BCUT2D eigenvalue weighted by Gasteiger charge is 2.15. The summed E-state index contributed by atoms with van der Waals surface area (Å²) in [7, 11) is 2.20. The number of aromatic amines is 1. The lowest BCUT2D eigenvalue weighted by molar-refractivity contribution is 0.148. The Morgan fingerprint density at radius 2 is 1.89 bits per heavy atom. The number of nitrogens with one attached hydrogen (secondary N) is 3. The number of thiazole rings is 1. The molecule has 36 heavy (non-hydrogen) atoms. The Labute approximate surface area is 215 Å². The molecule has 6 rings (SSSR count). The van der Waals surface area contributed by atoms with Crippen molar-refractivity contribution >= 4 is 38.8 Å². The van der Waals surface area contributed by atoms with Crippen LogP contribution in [0.4, 0.5) is 10.8 Å². The second-order valence-corrected chi connectivity index (χ2v) is 10.5. The lowest BCUT2D eigenvalue weighted by atomic mass is 10.1. The SMILES string of the molecule is Cc1cc2[nH]c(-c3ccc(CN4CCN(C)CC4)cc3)nc2cc1Nc1nc(C2=CCNC=C2)cs1. The van der Waals surface area contributed by atoms with Crippen LogP contribution in [0, 0.1) is 6.92 Å². The second-order valence-electron chi connectivity index (χ2n) is 9.61. The zero-order chi connectivity index (χ0) is 24.5. The number of imidazole rings is 1. The molecule has 2 aliphatic rings. The minimum Gasteiger partial charge on any atom is -0.387 e. The number of dihydropyridines is 1. The normalized spacial score (nSPS) is 16.8. The lowest BCUT2D eigenvalue weighted by Gasteiger charge is -2.32. The molecule has 4 heterocycles. The molecule has 0 aliphatic carbocycles. The molecule has 2 aromatic carbocycles. The number of aromatic nitrogens is 3. The van der Waals surface area contributed by atoms with Crippen LogP contribution >= 0.6 is 11.3 Å². The summed E-state index contributed by atoms with van der Waals surface area (Å²) in [6.45, 7) is 8.50. The summed E-state index contributed by atoms with van der Waals surface area (Å²) < 4.78 is 0. The van der Waals surface area contributed by atoms with Crippen LogP contribution in [0.3, 0.4) is 0 Å². The van der Waals surface area contributed by atoms with Gasteiger partial charge < -0.3 is 20.5 Å². The fourth-order valence-corrected chi connectivity index (χ4v) is 5.42. The van der Waals surface area contributed by atoms with Gasteiger partial charge in [0.25, 0.3) is 0 Å². The Morgan fingerprint density at radius 1 is 1.06 bits per heavy atom. The molecule has 0 atom stereocenters. The maximum Gasteiger partial charge on any atom is 0.187 e. The van der Waals surface area contributed by atoms with E-state index in [0.717, 1.165) is 89.3 Å². The molecule has 1 fully saturated rings. The van der Waals surface area contributed by atoms with Crippen LogP contribution in [0.25, 0.3) is 28.0 Å². The predicted molar refractivity (Wildman–Crippen MR) is 150 cm³/mol. The van der Waals surface area contributed by atoms with Gasteiger partial charge >= 0.3 is 0 Å². The Kier molecular flexibility index (Phi) is 6.31. The number of likely N-dealkylation sites (N-methyl/N-ethyl adjacent to an activating group) is 1. The van der Waals surface area contributed by atoms with Crippen LogP contribution in [-0.4, -0.2) is 64.5 Å². The van der Waals surface area contributed by atoms with Crippen LogP contribution in [0.15, 0.2) is 60.1 Å². The first-order valence-corrected chi connectivity index (χ1v) is 13.3. The molecule has 0 saturated carbocycles. The number of benzene rings is 2. The zero-order valence-electron chi connectivity index (χ0n) is 20.7. The number of piperazine rings is 1. The third-order valence-corrected chi connectivity index (χ3v) is 7.68. The molecule has 0 spiro atoms. The van der Waals surface area contributed by atoms with E-state index in [1.165, 1.54) is 5.56 Å². The number of H-pyrrole nitrogens is 1.